The van der Waals surface area contributed by atoms with Crippen LogP contribution in [0.25, 0.3) is 0 Å². The average Bonchev–Trinajstić information content (AvgIpc) is 3.00. The second-order valence-electron chi connectivity index (χ2n) is 9.66. The molecular formula is C28H38FNO6S2. The number of fused-ring (bicyclic) bond motifs is 1. The van der Waals surface area contributed by atoms with E-state index in [1.165, 1.54) is 17.8 Å². The van der Waals surface area contributed by atoms with Crippen LogP contribution in [-0.4, -0.2) is 45.8 Å². The van der Waals surface area contributed by atoms with Gasteiger partial charge in [-0.25, -0.2) is 4.79 Å². The summed E-state index contributed by atoms with van der Waals surface area (Å²) < 4.78 is 47.9. The van der Waals surface area contributed by atoms with Gasteiger partial charge in [0.2, 0.25) is 5.83 Å². The number of hydrogen-bond acceptors (Lipinski definition) is 7. The molecule has 0 saturated carbocycles. The third kappa shape index (κ3) is 6.97. The van der Waals surface area contributed by atoms with Gasteiger partial charge in [0.25, 0.3) is 0 Å². The van der Waals surface area contributed by atoms with E-state index in [1.807, 2.05) is 36.6 Å². The van der Waals surface area contributed by atoms with E-state index in [-0.39, 0.29) is 16.9 Å². The molecule has 0 atom stereocenters. The molecule has 2 aromatic rings. The maximum Gasteiger partial charge on any atom is 0.368 e. The number of methoxy groups -OCH3 is 1. The predicted molar refractivity (Wildman–Crippen MR) is 153 cm³/mol. The highest BCUT2D eigenvalue weighted by Crippen LogP contribution is 2.62. The molecule has 3 N–H and O–H groups in total. The number of halogens is 1. The molecule has 1 aliphatic heterocycles. The van der Waals surface area contributed by atoms with Crippen LogP contribution >= 0.6 is 22.4 Å². The van der Waals surface area contributed by atoms with Crippen LogP contribution in [0.5, 0.6) is 11.5 Å². The largest absolute Gasteiger partial charge is 0.497 e. The Kier molecular flexibility index (Phi) is 10.4. The minimum atomic E-state index is -3.29. The fraction of sp³-hybridized carbons (Fsp3) is 0.464. The van der Waals surface area contributed by atoms with Crippen LogP contribution in [0.1, 0.15) is 52.4 Å². The van der Waals surface area contributed by atoms with Crippen molar-refractivity contribution in [2.45, 2.75) is 62.2 Å². The number of carboxylic acid groups (broad SMARTS) is 1. The van der Waals surface area contributed by atoms with Gasteiger partial charge in [-0.2, -0.15) is 15.0 Å². The van der Waals surface area contributed by atoms with Gasteiger partial charge < -0.3 is 19.5 Å². The molecule has 3 rings (SSSR count). The van der Waals surface area contributed by atoms with Crippen molar-refractivity contribution in [3.8, 4) is 11.5 Å². The highest BCUT2D eigenvalue weighted by atomic mass is 32.3. The molecule has 0 unspecified atom stereocenters. The Labute approximate surface area is 230 Å². The topological polar surface area (TPSA) is 99.5 Å². The van der Waals surface area contributed by atoms with Gasteiger partial charge in [0.15, 0.2) is 0 Å². The molecule has 7 nitrogen and oxygen atoms in total. The quantitative estimate of drug-likeness (QED) is 0.134. The summed E-state index contributed by atoms with van der Waals surface area (Å²) in [6.07, 6.45) is 7.99. The molecule has 0 bridgehead atoms. The summed E-state index contributed by atoms with van der Waals surface area (Å²) in [6, 6.07) is 11.0. The third-order valence-electron chi connectivity index (χ3n) is 6.89. The minimum absolute atomic E-state index is 0.164. The van der Waals surface area contributed by atoms with Crippen molar-refractivity contribution in [2.24, 2.45) is 5.41 Å². The summed E-state index contributed by atoms with van der Waals surface area (Å²) in [6.45, 7) is 4.87. The number of carboxylic acids is 1. The first-order valence-electron chi connectivity index (χ1n) is 12.7. The number of rotatable bonds is 12. The summed E-state index contributed by atoms with van der Waals surface area (Å²) >= 11 is 1.34. The molecule has 0 aliphatic carbocycles. The number of unbranched alkanes of at least 4 members (excludes halogenated alkanes) is 2. The number of ether oxygens (including phenoxy) is 2. The van der Waals surface area contributed by atoms with Crippen molar-refractivity contribution in [1.82, 2.24) is 0 Å². The zero-order valence-corrected chi connectivity index (χ0v) is 24.0. The lowest BCUT2D eigenvalue weighted by molar-refractivity contribution is -0.134. The van der Waals surface area contributed by atoms with Crippen LogP contribution in [-0.2, 0) is 4.79 Å². The van der Waals surface area contributed by atoms with Gasteiger partial charge in [0.1, 0.15) is 17.8 Å². The minimum Gasteiger partial charge on any atom is -0.497 e. The SMILES string of the molecule is CCCCC1(CCCC)CN(c2ccc(OC)cc2)c2cc(SC)c(OC=C(F)C(=O)O)cc2S(O)(O)C1. The fourth-order valence-electron chi connectivity index (χ4n) is 4.92. The number of aliphatic carboxylic acids is 1. The average molecular weight is 568 g/mol. The highest BCUT2D eigenvalue weighted by molar-refractivity contribution is 8.24. The van der Waals surface area contributed by atoms with Crippen LogP contribution in [0, 0.1) is 5.41 Å². The number of thioether (sulfide) groups is 1. The Bertz CT molecular complexity index is 1130. The van der Waals surface area contributed by atoms with Crippen LogP contribution in [0.2, 0.25) is 0 Å². The van der Waals surface area contributed by atoms with E-state index in [9.17, 15) is 18.3 Å². The summed E-state index contributed by atoms with van der Waals surface area (Å²) in [5, 5.41) is 8.88. The first kappa shape index (κ1) is 30.1. The van der Waals surface area contributed by atoms with E-state index in [0.29, 0.717) is 28.3 Å². The Morgan fingerprint density at radius 1 is 1.16 bits per heavy atom. The van der Waals surface area contributed by atoms with Gasteiger partial charge in [-0.1, -0.05) is 39.5 Å². The van der Waals surface area contributed by atoms with Gasteiger partial charge in [-0.15, -0.1) is 11.8 Å². The number of anilines is 2. The summed E-state index contributed by atoms with van der Waals surface area (Å²) in [4.78, 5) is 14.0. The number of nitrogens with zero attached hydrogens (tertiary/aromatic N) is 1. The maximum absolute atomic E-state index is 13.7. The van der Waals surface area contributed by atoms with Crippen LogP contribution in [0.15, 0.2) is 58.3 Å². The Hall–Kier alpha value is -2.40. The first-order valence-corrected chi connectivity index (χ1v) is 15.7. The monoisotopic (exact) mass is 567 g/mol. The lowest BCUT2D eigenvalue weighted by Crippen LogP contribution is -2.37. The van der Waals surface area contributed by atoms with E-state index in [0.717, 1.165) is 50.0 Å². The molecule has 210 valence electrons. The zero-order valence-electron chi connectivity index (χ0n) is 22.4. The highest BCUT2D eigenvalue weighted by Gasteiger charge is 2.42. The van der Waals surface area contributed by atoms with Crippen LogP contribution in [0.4, 0.5) is 15.8 Å². The first-order chi connectivity index (χ1) is 18.1. The van der Waals surface area contributed by atoms with Gasteiger partial charge in [-0.3, -0.25) is 9.11 Å². The number of benzene rings is 2. The maximum atomic E-state index is 13.7. The summed E-state index contributed by atoms with van der Waals surface area (Å²) in [7, 11) is -1.68. The van der Waals surface area contributed by atoms with E-state index in [1.54, 1.807) is 7.11 Å². The molecule has 1 heterocycles. The van der Waals surface area contributed by atoms with E-state index in [2.05, 4.69) is 18.7 Å². The Balaban J connectivity index is 2.23. The van der Waals surface area contributed by atoms with Crippen molar-refractivity contribution in [3.63, 3.8) is 0 Å². The fourth-order valence-corrected chi connectivity index (χ4v) is 7.64. The normalized spacial score (nSPS) is 17.3. The van der Waals surface area contributed by atoms with Crippen LogP contribution in [0.3, 0.4) is 0 Å². The molecule has 1 aliphatic rings. The van der Waals surface area contributed by atoms with Crippen molar-refractivity contribution < 1.29 is 32.9 Å². The predicted octanol–water partition coefficient (Wildman–Crippen LogP) is 8.32. The zero-order chi connectivity index (χ0) is 27.9. The molecule has 10 heteroatoms. The van der Waals surface area contributed by atoms with Crippen molar-refractivity contribution >= 4 is 39.7 Å². The van der Waals surface area contributed by atoms with Gasteiger partial charge in [0, 0.05) is 29.5 Å². The van der Waals surface area contributed by atoms with E-state index >= 15 is 0 Å². The lowest BCUT2D eigenvalue weighted by Gasteiger charge is -2.42. The standard InChI is InChI=1S/C28H38FNO6S2/c1-5-7-13-28(14-8-6-2)18-30(20-9-11-21(35-3)12-10-20)23-15-25(37-4)24(36-17-22(29)27(31)32)16-26(23)38(33,34)19-28/h9-12,15-17,33-34H,5-8,13-14,18-19H2,1-4H3,(H,31,32). The molecule has 0 amide bonds. The van der Waals surface area contributed by atoms with Crippen molar-refractivity contribution in [1.29, 1.82) is 0 Å². The number of carbonyl (C=O) groups is 1. The molecule has 0 radical (unpaired) electrons. The van der Waals surface area contributed by atoms with Crippen molar-refractivity contribution in [3.05, 3.63) is 48.5 Å². The van der Waals surface area contributed by atoms with E-state index in [4.69, 9.17) is 14.6 Å². The molecule has 0 spiro atoms. The lowest BCUT2D eigenvalue weighted by atomic mass is 9.79. The molecular weight excluding hydrogens is 529 g/mol. The van der Waals surface area contributed by atoms with Gasteiger partial charge in [0.05, 0.1) is 22.6 Å². The molecule has 2 aromatic carbocycles. The molecule has 0 fully saturated rings. The molecule has 0 aromatic heterocycles. The second kappa shape index (κ2) is 13.1. The van der Waals surface area contributed by atoms with Crippen molar-refractivity contribution in [2.75, 3.05) is 30.6 Å². The number of hydrogen-bond donors (Lipinski definition) is 3. The Morgan fingerprint density at radius 3 is 2.32 bits per heavy atom. The molecule has 38 heavy (non-hydrogen) atoms. The van der Waals surface area contributed by atoms with Gasteiger partial charge in [-0.05, 0) is 49.4 Å². The second-order valence-corrected chi connectivity index (χ2v) is 12.6. The smallest absolute Gasteiger partial charge is 0.368 e. The summed E-state index contributed by atoms with van der Waals surface area (Å²) in [5.41, 5.74) is 1.18. The van der Waals surface area contributed by atoms with Crippen LogP contribution < -0.4 is 14.4 Å². The summed E-state index contributed by atoms with van der Waals surface area (Å²) in [5.74, 6) is -2.10. The third-order valence-corrected chi connectivity index (χ3v) is 9.69. The Morgan fingerprint density at radius 2 is 1.79 bits per heavy atom. The van der Waals surface area contributed by atoms with Gasteiger partial charge >= 0.3 is 5.97 Å². The van der Waals surface area contributed by atoms with E-state index < -0.39 is 22.4 Å². The molecule has 0 saturated heterocycles.